The highest BCUT2D eigenvalue weighted by atomic mass is 32.2. The highest BCUT2D eigenvalue weighted by molar-refractivity contribution is 8.02. The highest BCUT2D eigenvalue weighted by Crippen LogP contribution is 2.68. The molecule has 6 atom stereocenters. The number of esters is 1. The highest BCUT2D eigenvalue weighted by Gasteiger charge is 2.76. The van der Waals surface area contributed by atoms with E-state index in [-0.39, 0.29) is 42.1 Å². The summed E-state index contributed by atoms with van der Waals surface area (Å²) in [4.78, 5) is 47.4. The van der Waals surface area contributed by atoms with Crippen molar-refractivity contribution in [2.75, 3.05) is 65.7 Å². The first-order valence-corrected chi connectivity index (χ1v) is 14.8. The first-order chi connectivity index (χ1) is 18.4. The van der Waals surface area contributed by atoms with Gasteiger partial charge in [0.1, 0.15) is 6.04 Å². The smallest absolute Gasteiger partial charge is 0.310 e. The summed E-state index contributed by atoms with van der Waals surface area (Å²) < 4.78 is 10.4. The van der Waals surface area contributed by atoms with Gasteiger partial charge in [-0.1, -0.05) is 19.1 Å². The third-order valence-electron chi connectivity index (χ3n) is 8.56. The van der Waals surface area contributed by atoms with E-state index in [4.69, 9.17) is 9.47 Å². The first kappa shape index (κ1) is 29.1. The Morgan fingerprint density at radius 3 is 2.68 bits per heavy atom. The quantitative estimate of drug-likeness (QED) is 0.198. The van der Waals surface area contributed by atoms with E-state index in [0.29, 0.717) is 45.8 Å². The van der Waals surface area contributed by atoms with Crippen LogP contribution in [0.15, 0.2) is 25.3 Å². The van der Waals surface area contributed by atoms with Crippen molar-refractivity contribution in [2.24, 2.45) is 17.8 Å². The van der Waals surface area contributed by atoms with Crippen molar-refractivity contribution >= 4 is 29.5 Å². The normalized spacial score (nSPS) is 32.3. The Bertz CT molecular complexity index is 896. The Kier molecular flexibility index (Phi) is 9.95. The van der Waals surface area contributed by atoms with Gasteiger partial charge in [0.05, 0.1) is 36.4 Å². The molecule has 0 aromatic carbocycles. The summed E-state index contributed by atoms with van der Waals surface area (Å²) >= 11 is 1.65. The van der Waals surface area contributed by atoms with Crippen molar-refractivity contribution in [3.63, 3.8) is 0 Å². The summed E-state index contributed by atoms with van der Waals surface area (Å²) in [7, 11) is 0. The average molecular weight is 550 g/mol. The molecule has 3 unspecified atom stereocenters. The number of likely N-dealkylation sites (tertiary alicyclic amines) is 1. The molecule has 0 radical (unpaired) electrons. The SMILES string of the molecule is C=CCCCOC(=O)[C@@H]1[C@@H]2CC(C)C3(S2)C(C(=O)N(CC=C)CCN2CCOCC2)N(CCCO)C(=O)[C@H]13. The minimum Gasteiger partial charge on any atom is -0.465 e. The van der Waals surface area contributed by atoms with E-state index in [1.54, 1.807) is 28.8 Å². The molecule has 212 valence electrons. The van der Waals surface area contributed by atoms with E-state index >= 15 is 0 Å². The predicted molar refractivity (Wildman–Crippen MR) is 147 cm³/mol. The van der Waals surface area contributed by atoms with Crippen LogP contribution in [0.4, 0.5) is 0 Å². The van der Waals surface area contributed by atoms with Gasteiger partial charge in [-0.3, -0.25) is 19.3 Å². The summed E-state index contributed by atoms with van der Waals surface area (Å²) in [6, 6.07) is -0.681. The molecule has 0 aromatic heterocycles. The van der Waals surface area contributed by atoms with Gasteiger partial charge in [-0.25, -0.2) is 0 Å². The zero-order valence-corrected chi connectivity index (χ0v) is 23.4. The Hall–Kier alpha value is -1.88. The zero-order chi connectivity index (χ0) is 27.3. The van der Waals surface area contributed by atoms with Crippen LogP contribution in [0.1, 0.15) is 32.6 Å². The first-order valence-electron chi connectivity index (χ1n) is 14.0. The molecule has 38 heavy (non-hydrogen) atoms. The topological polar surface area (TPSA) is 99.6 Å². The van der Waals surface area contributed by atoms with Gasteiger partial charge in [0.15, 0.2) is 0 Å². The third kappa shape index (κ3) is 5.42. The third-order valence-corrected chi connectivity index (χ3v) is 10.6. The molecule has 2 bridgehead atoms. The number of carbonyl (C=O) groups is 3. The average Bonchev–Trinajstić information content (AvgIpc) is 3.51. The van der Waals surface area contributed by atoms with Crippen molar-refractivity contribution in [3.05, 3.63) is 25.3 Å². The summed E-state index contributed by atoms with van der Waals surface area (Å²) in [6.45, 7) is 14.9. The van der Waals surface area contributed by atoms with Crippen LogP contribution in [0.2, 0.25) is 0 Å². The lowest BCUT2D eigenvalue weighted by atomic mass is 9.66. The molecule has 1 N–H and O–H groups in total. The van der Waals surface area contributed by atoms with Crippen LogP contribution in [-0.4, -0.2) is 119 Å². The lowest BCUT2D eigenvalue weighted by molar-refractivity contribution is -0.154. The largest absolute Gasteiger partial charge is 0.465 e. The Morgan fingerprint density at radius 2 is 2.00 bits per heavy atom. The molecule has 4 heterocycles. The maximum atomic E-state index is 14.4. The van der Waals surface area contributed by atoms with Gasteiger partial charge < -0.3 is 24.4 Å². The van der Waals surface area contributed by atoms with Crippen LogP contribution >= 0.6 is 11.8 Å². The molecule has 4 saturated heterocycles. The monoisotopic (exact) mass is 549 g/mol. The second-order valence-corrected chi connectivity index (χ2v) is 12.3. The van der Waals surface area contributed by atoms with Crippen LogP contribution in [-0.2, 0) is 23.9 Å². The maximum absolute atomic E-state index is 14.4. The van der Waals surface area contributed by atoms with Crippen LogP contribution in [0.5, 0.6) is 0 Å². The summed E-state index contributed by atoms with van der Waals surface area (Å²) in [5.74, 6) is -1.63. The molecule has 0 saturated carbocycles. The number of allylic oxidation sites excluding steroid dienone is 1. The number of hydrogen-bond acceptors (Lipinski definition) is 8. The van der Waals surface area contributed by atoms with Gasteiger partial charge in [-0.05, 0) is 31.6 Å². The van der Waals surface area contributed by atoms with E-state index < -0.39 is 22.6 Å². The summed E-state index contributed by atoms with van der Waals surface area (Å²) in [5, 5.41) is 9.54. The van der Waals surface area contributed by atoms with Crippen molar-refractivity contribution in [2.45, 2.75) is 48.6 Å². The minimum atomic E-state index is -0.683. The van der Waals surface area contributed by atoms with E-state index in [1.165, 1.54) is 0 Å². The molecule has 1 spiro atoms. The number of ether oxygens (including phenoxy) is 2. The maximum Gasteiger partial charge on any atom is 0.310 e. The van der Waals surface area contributed by atoms with Crippen molar-refractivity contribution in [1.82, 2.24) is 14.7 Å². The van der Waals surface area contributed by atoms with Gasteiger partial charge in [0.2, 0.25) is 11.8 Å². The standard InChI is InChI=1S/C28H43N3O6S/c1-4-6-7-16-37-27(35)22-21-19-20(3)28(38-21)23(22)25(33)31(10-8-15-32)24(28)26(34)30(9-5-2)12-11-29-13-17-36-18-14-29/h4-5,20-24,32H,1-2,6-19H2,3H3/t20?,21-,22+,23-,24?,28?/m0/s1. The van der Waals surface area contributed by atoms with Gasteiger partial charge in [-0.2, -0.15) is 0 Å². The van der Waals surface area contributed by atoms with Crippen molar-refractivity contribution in [3.8, 4) is 0 Å². The molecule has 0 aromatic rings. The molecular formula is C28H43N3O6S. The number of thioether (sulfide) groups is 1. The molecule has 4 rings (SSSR count). The van der Waals surface area contributed by atoms with Crippen molar-refractivity contribution in [1.29, 1.82) is 0 Å². The zero-order valence-electron chi connectivity index (χ0n) is 22.6. The molecule has 10 heteroatoms. The number of fused-ring (bicyclic) bond motifs is 1. The van der Waals surface area contributed by atoms with Gasteiger partial charge in [0, 0.05) is 51.1 Å². The Labute approximate surface area is 230 Å². The number of nitrogens with zero attached hydrogens (tertiary/aromatic N) is 3. The summed E-state index contributed by atoms with van der Waals surface area (Å²) in [6.07, 6.45) is 6.13. The fourth-order valence-electron chi connectivity index (χ4n) is 6.75. The number of aliphatic hydroxyl groups is 1. The Balaban J connectivity index is 1.60. The van der Waals surface area contributed by atoms with Crippen LogP contribution < -0.4 is 0 Å². The number of morpholine rings is 1. The van der Waals surface area contributed by atoms with E-state index in [1.807, 2.05) is 4.90 Å². The number of hydrogen-bond donors (Lipinski definition) is 1. The molecule has 4 fully saturated rings. The van der Waals surface area contributed by atoms with E-state index in [2.05, 4.69) is 25.0 Å². The van der Waals surface area contributed by atoms with Gasteiger partial charge >= 0.3 is 5.97 Å². The molecule has 4 aliphatic rings. The molecule has 2 amide bonds. The molecule has 0 aliphatic carbocycles. The van der Waals surface area contributed by atoms with E-state index in [0.717, 1.165) is 32.5 Å². The number of rotatable bonds is 14. The fourth-order valence-corrected chi connectivity index (χ4v) is 9.16. The predicted octanol–water partition coefficient (Wildman–Crippen LogP) is 1.56. The molecule has 9 nitrogen and oxygen atoms in total. The van der Waals surface area contributed by atoms with Crippen LogP contribution in [0, 0.1) is 17.8 Å². The van der Waals surface area contributed by atoms with Gasteiger partial charge in [-0.15, -0.1) is 24.9 Å². The Morgan fingerprint density at radius 1 is 1.24 bits per heavy atom. The minimum absolute atomic E-state index is 0.0395. The van der Waals surface area contributed by atoms with Crippen LogP contribution in [0.25, 0.3) is 0 Å². The van der Waals surface area contributed by atoms with Crippen LogP contribution in [0.3, 0.4) is 0 Å². The lowest BCUT2D eigenvalue weighted by Gasteiger charge is -2.41. The van der Waals surface area contributed by atoms with Gasteiger partial charge in [0.25, 0.3) is 0 Å². The second kappa shape index (κ2) is 13.0. The van der Waals surface area contributed by atoms with Crippen molar-refractivity contribution < 1.29 is 29.0 Å². The fraction of sp³-hybridized carbons (Fsp3) is 0.750. The number of aliphatic hydroxyl groups excluding tert-OH is 1. The number of carbonyl (C=O) groups excluding carboxylic acids is 3. The lowest BCUT2D eigenvalue weighted by Crippen LogP contribution is -2.58. The number of amides is 2. The second-order valence-electron chi connectivity index (χ2n) is 10.8. The summed E-state index contributed by atoms with van der Waals surface area (Å²) in [5.41, 5.74) is 0. The number of unbranched alkanes of at least 4 members (excludes halogenated alkanes) is 1. The molecular weight excluding hydrogens is 506 g/mol. The van der Waals surface area contributed by atoms with E-state index in [9.17, 15) is 19.5 Å². The molecule has 4 aliphatic heterocycles.